The van der Waals surface area contributed by atoms with Crippen LogP contribution in [0.3, 0.4) is 0 Å². The van der Waals surface area contributed by atoms with E-state index in [1.807, 2.05) is 66.3 Å². The molecule has 6 nitrogen and oxygen atoms in total. The van der Waals surface area contributed by atoms with Crippen LogP contribution in [0.5, 0.6) is 0 Å². The first-order valence-electron chi connectivity index (χ1n) is 11.5. The predicted molar refractivity (Wildman–Crippen MR) is 133 cm³/mol. The molecule has 2 heterocycles. The molecule has 2 aromatic heterocycles. The fourth-order valence-corrected chi connectivity index (χ4v) is 3.93. The van der Waals surface area contributed by atoms with E-state index in [-0.39, 0.29) is 5.56 Å². The van der Waals surface area contributed by atoms with Crippen molar-refractivity contribution >= 4 is 10.9 Å². The molecule has 2 aromatic carbocycles. The van der Waals surface area contributed by atoms with E-state index in [0.717, 1.165) is 43.3 Å². The lowest BCUT2D eigenvalue weighted by atomic mass is 10.1. The lowest BCUT2D eigenvalue weighted by Gasteiger charge is -2.17. The van der Waals surface area contributed by atoms with Gasteiger partial charge in [-0.25, -0.2) is 4.98 Å². The molecular weight excluding hydrogens is 410 g/mol. The summed E-state index contributed by atoms with van der Waals surface area (Å²) in [5.41, 5.74) is 2.89. The third-order valence-electron chi connectivity index (χ3n) is 5.81. The molecule has 0 N–H and O–H groups in total. The molecule has 168 valence electrons. The lowest BCUT2D eigenvalue weighted by Crippen LogP contribution is -2.27. The van der Waals surface area contributed by atoms with Gasteiger partial charge in [-0.05, 0) is 37.4 Å². The number of benzene rings is 2. The van der Waals surface area contributed by atoms with Crippen molar-refractivity contribution in [3.63, 3.8) is 0 Å². The van der Waals surface area contributed by atoms with E-state index in [4.69, 9.17) is 4.98 Å². The van der Waals surface area contributed by atoms with Gasteiger partial charge in [-0.1, -0.05) is 56.9 Å². The molecule has 4 rings (SSSR count). The Kier molecular flexibility index (Phi) is 7.01. The average molecular weight is 440 g/mol. The first-order chi connectivity index (χ1) is 16.1. The zero-order valence-corrected chi connectivity index (χ0v) is 19.5. The van der Waals surface area contributed by atoms with Gasteiger partial charge in [0.25, 0.3) is 5.56 Å². The van der Waals surface area contributed by atoms with Crippen molar-refractivity contribution in [2.45, 2.75) is 33.7 Å². The summed E-state index contributed by atoms with van der Waals surface area (Å²) in [6.07, 6.45) is 4.38. The number of aryl methyl sites for hydroxylation is 1. The van der Waals surface area contributed by atoms with Gasteiger partial charge in [0.1, 0.15) is 5.82 Å². The molecule has 0 fully saturated rings. The average Bonchev–Trinajstić information content (AvgIpc) is 3.31. The Morgan fingerprint density at radius 3 is 2.48 bits per heavy atom. The maximum Gasteiger partial charge on any atom is 0.267 e. The monoisotopic (exact) mass is 439 g/mol. The van der Waals surface area contributed by atoms with Crippen molar-refractivity contribution in [2.75, 3.05) is 19.6 Å². The highest BCUT2D eigenvalue weighted by atomic mass is 16.1. The van der Waals surface area contributed by atoms with Crippen LogP contribution in [0.1, 0.15) is 37.7 Å². The van der Waals surface area contributed by atoms with Crippen molar-refractivity contribution in [1.29, 1.82) is 0 Å². The molecule has 0 spiro atoms. The van der Waals surface area contributed by atoms with Crippen molar-refractivity contribution in [3.05, 3.63) is 88.2 Å². The van der Waals surface area contributed by atoms with Crippen LogP contribution in [0.2, 0.25) is 0 Å². The van der Waals surface area contributed by atoms with Crippen LogP contribution in [-0.4, -0.2) is 43.9 Å². The van der Waals surface area contributed by atoms with E-state index in [9.17, 15) is 4.79 Å². The van der Waals surface area contributed by atoms with Crippen LogP contribution in [0.25, 0.3) is 16.6 Å². The third-order valence-corrected chi connectivity index (χ3v) is 5.81. The second-order valence-corrected chi connectivity index (χ2v) is 7.83. The Hall–Kier alpha value is -3.69. The minimum absolute atomic E-state index is 0.0946. The maximum atomic E-state index is 13.6. The highest BCUT2D eigenvalue weighted by Gasteiger charge is 2.13. The van der Waals surface area contributed by atoms with Crippen molar-refractivity contribution in [3.8, 4) is 17.5 Å². The van der Waals surface area contributed by atoms with E-state index >= 15 is 0 Å². The van der Waals surface area contributed by atoms with Gasteiger partial charge in [-0.15, -0.1) is 0 Å². The van der Waals surface area contributed by atoms with Crippen molar-refractivity contribution in [2.24, 2.45) is 0 Å². The summed E-state index contributed by atoms with van der Waals surface area (Å²) in [5.74, 6) is 7.11. The quantitative estimate of drug-likeness (QED) is 0.410. The lowest BCUT2D eigenvalue weighted by molar-refractivity contribution is 0.285. The van der Waals surface area contributed by atoms with Crippen LogP contribution >= 0.6 is 0 Å². The number of likely N-dealkylation sites (N-methyl/N-ethyl adjacent to an activating group) is 1. The zero-order valence-electron chi connectivity index (χ0n) is 19.5. The number of fused-ring (bicyclic) bond motifs is 1. The van der Waals surface area contributed by atoms with E-state index in [1.165, 1.54) is 0 Å². The molecule has 0 saturated heterocycles. The topological polar surface area (TPSA) is 56.0 Å². The Morgan fingerprint density at radius 2 is 1.76 bits per heavy atom. The van der Waals surface area contributed by atoms with Gasteiger partial charge < -0.3 is 4.90 Å². The van der Waals surface area contributed by atoms with Crippen LogP contribution < -0.4 is 5.56 Å². The molecule has 0 saturated carbocycles. The zero-order chi connectivity index (χ0) is 23.2. The van der Waals surface area contributed by atoms with Crippen LogP contribution in [0.4, 0.5) is 0 Å². The summed E-state index contributed by atoms with van der Waals surface area (Å²) in [6, 6.07) is 15.3. The number of rotatable bonds is 7. The molecule has 0 aliphatic rings. The summed E-state index contributed by atoms with van der Waals surface area (Å²) in [4.78, 5) is 20.7. The Morgan fingerprint density at radius 1 is 0.970 bits per heavy atom. The number of hydrogen-bond acceptors (Lipinski definition) is 4. The number of hydrogen-bond donors (Lipinski definition) is 0. The molecule has 33 heavy (non-hydrogen) atoms. The molecular formula is C27H29N5O. The first-order valence-corrected chi connectivity index (χ1v) is 11.5. The van der Waals surface area contributed by atoms with Crippen molar-refractivity contribution < 1.29 is 0 Å². The van der Waals surface area contributed by atoms with Crippen molar-refractivity contribution in [1.82, 2.24) is 24.2 Å². The molecule has 0 radical (unpaired) electrons. The molecule has 0 aliphatic carbocycles. The molecule has 0 atom stereocenters. The van der Waals surface area contributed by atoms with Gasteiger partial charge >= 0.3 is 0 Å². The minimum atomic E-state index is -0.0946. The smallest absolute Gasteiger partial charge is 0.267 e. The first kappa shape index (κ1) is 22.5. The van der Waals surface area contributed by atoms with E-state index < -0.39 is 0 Å². The normalized spacial score (nSPS) is 11.0. The Labute approximate surface area is 194 Å². The molecule has 0 amide bonds. The van der Waals surface area contributed by atoms with Crippen LogP contribution in [0, 0.1) is 11.8 Å². The van der Waals surface area contributed by atoms with Gasteiger partial charge in [-0.3, -0.25) is 14.0 Å². The predicted octanol–water partition coefficient (Wildman–Crippen LogP) is 3.89. The second-order valence-electron chi connectivity index (χ2n) is 7.83. The Balaban J connectivity index is 1.71. The summed E-state index contributed by atoms with van der Waals surface area (Å²) in [5, 5.41) is 4.98. The minimum Gasteiger partial charge on any atom is -0.302 e. The van der Waals surface area contributed by atoms with Gasteiger partial charge in [0.05, 0.1) is 34.9 Å². The molecule has 0 unspecified atom stereocenters. The fourth-order valence-electron chi connectivity index (χ4n) is 3.93. The van der Waals surface area contributed by atoms with E-state index in [0.29, 0.717) is 22.9 Å². The van der Waals surface area contributed by atoms with Gasteiger partial charge in [0, 0.05) is 24.7 Å². The summed E-state index contributed by atoms with van der Waals surface area (Å²) < 4.78 is 3.61. The largest absolute Gasteiger partial charge is 0.302 e. The molecule has 0 bridgehead atoms. The third kappa shape index (κ3) is 4.89. The molecule has 4 aromatic rings. The maximum absolute atomic E-state index is 13.6. The molecule has 0 aliphatic heterocycles. The van der Waals surface area contributed by atoms with Crippen LogP contribution in [-0.2, 0) is 13.0 Å². The Bertz CT molecular complexity index is 1350. The second kappa shape index (κ2) is 10.3. The van der Waals surface area contributed by atoms with Crippen LogP contribution in [0.15, 0.2) is 65.7 Å². The number of aromatic nitrogens is 4. The summed E-state index contributed by atoms with van der Waals surface area (Å²) >= 11 is 0. The SMILES string of the molecule is CCc1nc2cccc(C#Cc3cnn(CCN(CC)CC)c3)c2c(=O)n1-c1ccccc1. The highest BCUT2D eigenvalue weighted by molar-refractivity contribution is 5.84. The van der Waals surface area contributed by atoms with Gasteiger partial charge in [0.2, 0.25) is 0 Å². The van der Waals surface area contributed by atoms with E-state index in [2.05, 4.69) is 35.7 Å². The standard InChI is InChI=1S/C27H29N5O/c1-4-25-29-24-14-10-11-22(26(24)27(33)32(25)23-12-8-7-9-13-23)16-15-21-19-28-31(20-21)18-17-30(5-2)6-3/h7-14,19-20H,4-6,17-18H2,1-3H3. The fraction of sp³-hybridized carbons (Fsp3) is 0.296. The van der Waals surface area contributed by atoms with Gasteiger partial charge in [-0.2, -0.15) is 5.10 Å². The number of nitrogens with zero attached hydrogens (tertiary/aromatic N) is 5. The summed E-state index contributed by atoms with van der Waals surface area (Å²) in [7, 11) is 0. The summed E-state index contributed by atoms with van der Waals surface area (Å²) in [6.45, 7) is 10.2. The number of para-hydroxylation sites is 1. The van der Waals surface area contributed by atoms with E-state index in [1.54, 1.807) is 10.8 Å². The van der Waals surface area contributed by atoms with Gasteiger partial charge in [0.15, 0.2) is 0 Å². The molecule has 6 heteroatoms. The highest BCUT2D eigenvalue weighted by Crippen LogP contribution is 2.16.